The Hall–Kier alpha value is -1.06. The van der Waals surface area contributed by atoms with Crippen molar-refractivity contribution >= 4 is 0 Å². The summed E-state index contributed by atoms with van der Waals surface area (Å²) in [6.07, 6.45) is 4.05. The van der Waals surface area contributed by atoms with Gasteiger partial charge in [0.2, 0.25) is 0 Å². The van der Waals surface area contributed by atoms with Crippen molar-refractivity contribution in [2.75, 3.05) is 26.2 Å². The normalized spacial score (nSPS) is 28.5. The standard InChI is InChI=1S/C15H22N2O/c16-15-12(10-17-8-4-1-5-9-17)11-18-14-7-3-2-6-13(14)15/h2-3,6-7,12,15H,1,4-5,8-11,16H2. The van der Waals surface area contributed by atoms with Crippen molar-refractivity contribution in [2.45, 2.75) is 25.3 Å². The number of hydrogen-bond acceptors (Lipinski definition) is 3. The number of fused-ring (bicyclic) bond motifs is 1. The number of ether oxygens (including phenoxy) is 1. The average Bonchev–Trinajstić information content (AvgIpc) is 2.43. The molecule has 3 nitrogen and oxygen atoms in total. The summed E-state index contributed by atoms with van der Waals surface area (Å²) in [5, 5.41) is 0. The van der Waals surface area contributed by atoms with E-state index in [1.54, 1.807) is 0 Å². The van der Waals surface area contributed by atoms with Gasteiger partial charge in [0.25, 0.3) is 0 Å². The molecule has 0 aliphatic carbocycles. The molecule has 2 N–H and O–H groups in total. The van der Waals surface area contributed by atoms with Crippen molar-refractivity contribution in [1.29, 1.82) is 0 Å². The molecule has 0 saturated carbocycles. The van der Waals surface area contributed by atoms with Crippen LogP contribution >= 0.6 is 0 Å². The van der Waals surface area contributed by atoms with Crippen LogP contribution in [0.5, 0.6) is 5.75 Å². The fraction of sp³-hybridized carbons (Fsp3) is 0.600. The number of nitrogens with two attached hydrogens (primary N) is 1. The summed E-state index contributed by atoms with van der Waals surface area (Å²) in [6.45, 7) is 4.29. The van der Waals surface area contributed by atoms with E-state index in [0.29, 0.717) is 5.92 Å². The fourth-order valence-corrected chi connectivity index (χ4v) is 3.08. The van der Waals surface area contributed by atoms with Gasteiger partial charge in [0, 0.05) is 24.1 Å². The van der Waals surface area contributed by atoms with Gasteiger partial charge in [-0.15, -0.1) is 0 Å². The number of piperidine rings is 1. The average molecular weight is 246 g/mol. The van der Waals surface area contributed by atoms with Crippen LogP contribution in [0.2, 0.25) is 0 Å². The largest absolute Gasteiger partial charge is 0.493 e. The number of benzene rings is 1. The minimum Gasteiger partial charge on any atom is -0.493 e. The fourth-order valence-electron chi connectivity index (χ4n) is 3.08. The maximum absolute atomic E-state index is 6.40. The molecule has 0 spiro atoms. The molecule has 2 atom stereocenters. The molecule has 3 heteroatoms. The summed E-state index contributed by atoms with van der Waals surface area (Å²) in [5.74, 6) is 1.40. The second kappa shape index (κ2) is 5.29. The Morgan fingerprint density at radius 1 is 1.17 bits per heavy atom. The summed E-state index contributed by atoms with van der Waals surface area (Å²) in [4.78, 5) is 2.55. The highest BCUT2D eigenvalue weighted by Gasteiger charge is 2.29. The van der Waals surface area contributed by atoms with Gasteiger partial charge >= 0.3 is 0 Å². The first kappa shape index (κ1) is 12.0. The topological polar surface area (TPSA) is 38.5 Å². The third-order valence-corrected chi connectivity index (χ3v) is 4.18. The highest BCUT2D eigenvalue weighted by molar-refractivity contribution is 5.37. The zero-order valence-corrected chi connectivity index (χ0v) is 10.8. The molecule has 18 heavy (non-hydrogen) atoms. The monoisotopic (exact) mass is 246 g/mol. The highest BCUT2D eigenvalue weighted by atomic mass is 16.5. The van der Waals surface area contributed by atoms with Crippen molar-refractivity contribution in [3.05, 3.63) is 29.8 Å². The van der Waals surface area contributed by atoms with Crippen LogP contribution in [0.1, 0.15) is 30.9 Å². The summed E-state index contributed by atoms with van der Waals surface area (Å²) in [5.41, 5.74) is 7.57. The molecule has 1 aromatic rings. The number of likely N-dealkylation sites (tertiary alicyclic amines) is 1. The molecule has 1 fully saturated rings. The zero-order valence-electron chi connectivity index (χ0n) is 10.8. The second-order valence-corrected chi connectivity index (χ2v) is 5.50. The third kappa shape index (κ3) is 2.38. The van der Waals surface area contributed by atoms with Gasteiger partial charge in [0.15, 0.2) is 0 Å². The number of nitrogens with zero attached hydrogens (tertiary/aromatic N) is 1. The lowest BCUT2D eigenvalue weighted by atomic mass is 9.90. The number of hydrogen-bond donors (Lipinski definition) is 1. The Labute approximate surface area is 109 Å². The lowest BCUT2D eigenvalue weighted by Gasteiger charge is -2.36. The van der Waals surface area contributed by atoms with E-state index in [-0.39, 0.29) is 6.04 Å². The van der Waals surface area contributed by atoms with Crippen molar-refractivity contribution in [3.63, 3.8) is 0 Å². The molecule has 1 aromatic carbocycles. The van der Waals surface area contributed by atoms with E-state index in [2.05, 4.69) is 11.0 Å². The molecular formula is C15H22N2O. The molecule has 0 radical (unpaired) electrons. The van der Waals surface area contributed by atoms with Crippen LogP contribution in [-0.2, 0) is 0 Å². The van der Waals surface area contributed by atoms with Gasteiger partial charge in [-0.1, -0.05) is 24.6 Å². The minimum atomic E-state index is 0.122. The van der Waals surface area contributed by atoms with Crippen molar-refractivity contribution in [1.82, 2.24) is 4.90 Å². The van der Waals surface area contributed by atoms with E-state index in [1.807, 2.05) is 18.2 Å². The van der Waals surface area contributed by atoms with Crippen LogP contribution in [0, 0.1) is 5.92 Å². The molecule has 0 amide bonds. The summed E-state index contributed by atoms with van der Waals surface area (Å²) < 4.78 is 5.84. The summed E-state index contributed by atoms with van der Waals surface area (Å²) in [7, 11) is 0. The highest BCUT2D eigenvalue weighted by Crippen LogP contribution is 2.34. The molecule has 0 bridgehead atoms. The molecule has 3 rings (SSSR count). The van der Waals surface area contributed by atoms with Gasteiger partial charge in [-0.3, -0.25) is 0 Å². The first-order chi connectivity index (χ1) is 8.84. The number of para-hydroxylation sites is 1. The third-order valence-electron chi connectivity index (χ3n) is 4.18. The van der Waals surface area contributed by atoms with Crippen molar-refractivity contribution in [3.8, 4) is 5.75 Å². The Morgan fingerprint density at radius 2 is 1.94 bits per heavy atom. The first-order valence-electron chi connectivity index (χ1n) is 7.04. The van der Waals surface area contributed by atoms with E-state index in [0.717, 1.165) is 18.9 Å². The van der Waals surface area contributed by atoms with Crippen LogP contribution in [0.15, 0.2) is 24.3 Å². The van der Waals surface area contributed by atoms with Crippen LogP contribution in [0.4, 0.5) is 0 Å². The van der Waals surface area contributed by atoms with Gasteiger partial charge in [0.05, 0.1) is 6.61 Å². The lowest BCUT2D eigenvalue weighted by molar-refractivity contribution is 0.125. The Morgan fingerprint density at radius 3 is 2.78 bits per heavy atom. The predicted molar refractivity (Wildman–Crippen MR) is 72.6 cm³/mol. The maximum atomic E-state index is 6.40. The van der Waals surface area contributed by atoms with E-state index in [1.165, 1.54) is 37.9 Å². The summed E-state index contributed by atoms with van der Waals surface area (Å²) in [6, 6.07) is 8.30. The minimum absolute atomic E-state index is 0.122. The predicted octanol–water partition coefficient (Wildman–Crippen LogP) is 2.18. The van der Waals surface area contributed by atoms with Gasteiger partial charge in [-0.2, -0.15) is 0 Å². The molecule has 2 aliphatic rings. The van der Waals surface area contributed by atoms with Crippen LogP contribution < -0.4 is 10.5 Å². The van der Waals surface area contributed by atoms with Crippen LogP contribution in [0.3, 0.4) is 0 Å². The van der Waals surface area contributed by atoms with Crippen molar-refractivity contribution < 1.29 is 4.74 Å². The molecule has 2 heterocycles. The molecule has 98 valence electrons. The summed E-state index contributed by atoms with van der Waals surface area (Å²) >= 11 is 0. The van der Waals surface area contributed by atoms with Crippen LogP contribution in [0.25, 0.3) is 0 Å². The second-order valence-electron chi connectivity index (χ2n) is 5.50. The Kier molecular flexibility index (Phi) is 3.52. The number of rotatable bonds is 2. The van der Waals surface area contributed by atoms with E-state index < -0.39 is 0 Å². The molecule has 2 aliphatic heterocycles. The van der Waals surface area contributed by atoms with Gasteiger partial charge in [-0.25, -0.2) is 0 Å². The van der Waals surface area contributed by atoms with Crippen LogP contribution in [-0.4, -0.2) is 31.1 Å². The molecule has 1 saturated heterocycles. The Bertz CT molecular complexity index is 401. The lowest BCUT2D eigenvalue weighted by Crippen LogP contribution is -2.42. The SMILES string of the molecule is NC1c2ccccc2OCC1CN1CCCCC1. The molecule has 0 aromatic heterocycles. The maximum Gasteiger partial charge on any atom is 0.124 e. The molecular weight excluding hydrogens is 224 g/mol. The van der Waals surface area contributed by atoms with Gasteiger partial charge < -0.3 is 15.4 Å². The quantitative estimate of drug-likeness (QED) is 0.869. The van der Waals surface area contributed by atoms with E-state index in [4.69, 9.17) is 10.5 Å². The first-order valence-corrected chi connectivity index (χ1v) is 7.04. The van der Waals surface area contributed by atoms with E-state index in [9.17, 15) is 0 Å². The van der Waals surface area contributed by atoms with Gasteiger partial charge in [-0.05, 0) is 32.0 Å². The zero-order chi connectivity index (χ0) is 12.4. The Balaban J connectivity index is 1.68. The van der Waals surface area contributed by atoms with Gasteiger partial charge in [0.1, 0.15) is 5.75 Å². The van der Waals surface area contributed by atoms with E-state index >= 15 is 0 Å². The van der Waals surface area contributed by atoms with Crippen molar-refractivity contribution in [2.24, 2.45) is 11.7 Å². The smallest absolute Gasteiger partial charge is 0.124 e. The molecule has 2 unspecified atom stereocenters.